The molecule has 1 aliphatic heterocycles. The average molecular weight is 408 g/mol. The van der Waals surface area contributed by atoms with Crippen LogP contribution in [0.15, 0.2) is 30.3 Å². The molecule has 0 bridgehead atoms. The molecule has 1 aliphatic rings. The van der Waals surface area contributed by atoms with Gasteiger partial charge < -0.3 is 19.5 Å². The standard InChI is InChI=1S/C18H14F2N2O7/c1-9(17(23)21-13-6-10(19)2-3-12(13)20)29-18(24)11-7-15-16(28-5-4-27-15)8-14(11)22(25)26/h2-3,6-9H,4-5H2,1H3,(H,21,23). The number of carbonyl (C=O) groups is 2. The van der Waals surface area contributed by atoms with Crippen LogP contribution < -0.4 is 14.8 Å². The summed E-state index contributed by atoms with van der Waals surface area (Å²) < 4.78 is 42.3. The summed E-state index contributed by atoms with van der Waals surface area (Å²) in [7, 11) is 0. The molecule has 1 heterocycles. The van der Waals surface area contributed by atoms with Crippen LogP contribution in [0.1, 0.15) is 17.3 Å². The Kier molecular flexibility index (Phi) is 5.57. The number of halogens is 2. The van der Waals surface area contributed by atoms with Crippen molar-refractivity contribution in [1.29, 1.82) is 0 Å². The highest BCUT2D eigenvalue weighted by atomic mass is 19.1. The molecule has 0 saturated carbocycles. The van der Waals surface area contributed by atoms with E-state index in [2.05, 4.69) is 5.32 Å². The van der Waals surface area contributed by atoms with E-state index in [0.29, 0.717) is 0 Å². The van der Waals surface area contributed by atoms with Crippen LogP contribution in [0, 0.1) is 21.7 Å². The Morgan fingerprint density at radius 3 is 2.48 bits per heavy atom. The quantitative estimate of drug-likeness (QED) is 0.459. The van der Waals surface area contributed by atoms with Gasteiger partial charge in [0.05, 0.1) is 16.7 Å². The molecule has 0 radical (unpaired) electrons. The first-order valence-electron chi connectivity index (χ1n) is 8.31. The molecule has 152 valence electrons. The third-order valence-electron chi connectivity index (χ3n) is 3.92. The lowest BCUT2D eigenvalue weighted by molar-refractivity contribution is -0.385. The molecule has 3 rings (SSSR count). The lowest BCUT2D eigenvalue weighted by Crippen LogP contribution is -2.30. The lowest BCUT2D eigenvalue weighted by atomic mass is 10.1. The minimum atomic E-state index is -1.46. The van der Waals surface area contributed by atoms with Crippen molar-refractivity contribution in [3.05, 3.63) is 57.6 Å². The maximum Gasteiger partial charge on any atom is 0.346 e. The van der Waals surface area contributed by atoms with Crippen LogP contribution in [0.5, 0.6) is 11.5 Å². The molecule has 29 heavy (non-hydrogen) atoms. The number of carbonyl (C=O) groups excluding carboxylic acids is 2. The highest BCUT2D eigenvalue weighted by Gasteiger charge is 2.29. The van der Waals surface area contributed by atoms with Crippen molar-refractivity contribution in [3.63, 3.8) is 0 Å². The molecule has 0 spiro atoms. The molecule has 2 aromatic rings. The number of nitro groups is 1. The highest BCUT2D eigenvalue weighted by molar-refractivity contribution is 5.99. The van der Waals surface area contributed by atoms with E-state index in [0.717, 1.165) is 30.3 Å². The Morgan fingerprint density at radius 1 is 1.17 bits per heavy atom. The van der Waals surface area contributed by atoms with E-state index < -0.39 is 51.5 Å². The van der Waals surface area contributed by atoms with Crippen LogP contribution in [0.3, 0.4) is 0 Å². The zero-order valence-electron chi connectivity index (χ0n) is 14.9. The van der Waals surface area contributed by atoms with Crippen LogP contribution in [0.2, 0.25) is 0 Å². The Labute approximate surface area is 162 Å². The van der Waals surface area contributed by atoms with Gasteiger partial charge in [0.25, 0.3) is 11.6 Å². The number of nitrogens with zero attached hydrogens (tertiary/aromatic N) is 1. The van der Waals surface area contributed by atoms with Crippen LogP contribution >= 0.6 is 0 Å². The third kappa shape index (κ3) is 4.39. The molecule has 0 aliphatic carbocycles. The predicted octanol–water partition coefficient (Wildman–Crippen LogP) is 2.83. The Balaban J connectivity index is 1.77. The molecule has 1 atom stereocenters. The van der Waals surface area contributed by atoms with E-state index in [9.17, 15) is 28.5 Å². The fourth-order valence-corrected chi connectivity index (χ4v) is 2.50. The summed E-state index contributed by atoms with van der Waals surface area (Å²) in [6, 6.07) is 4.56. The van der Waals surface area contributed by atoms with Gasteiger partial charge in [0.1, 0.15) is 30.4 Å². The van der Waals surface area contributed by atoms with Crippen LogP contribution in [0.4, 0.5) is 20.2 Å². The normalized spacial score (nSPS) is 13.3. The fraction of sp³-hybridized carbons (Fsp3) is 0.222. The molecule has 1 unspecified atom stereocenters. The average Bonchev–Trinajstić information content (AvgIpc) is 2.69. The van der Waals surface area contributed by atoms with Gasteiger partial charge in [-0.15, -0.1) is 0 Å². The van der Waals surface area contributed by atoms with Crippen molar-refractivity contribution in [1.82, 2.24) is 0 Å². The number of benzene rings is 2. The first kappa shape index (κ1) is 20.0. The molecular formula is C18H14F2N2O7. The molecule has 1 amide bonds. The van der Waals surface area contributed by atoms with Gasteiger partial charge in [-0.2, -0.15) is 0 Å². The van der Waals surface area contributed by atoms with Crippen molar-refractivity contribution in [3.8, 4) is 11.5 Å². The molecule has 0 fully saturated rings. The number of anilines is 1. The number of esters is 1. The van der Waals surface area contributed by atoms with Gasteiger partial charge in [-0.25, -0.2) is 13.6 Å². The minimum absolute atomic E-state index is 0.104. The smallest absolute Gasteiger partial charge is 0.346 e. The zero-order valence-corrected chi connectivity index (χ0v) is 14.9. The number of amides is 1. The van der Waals surface area contributed by atoms with Gasteiger partial charge in [-0.05, 0) is 19.1 Å². The predicted molar refractivity (Wildman–Crippen MR) is 94.0 cm³/mol. The molecule has 1 N–H and O–H groups in total. The summed E-state index contributed by atoms with van der Waals surface area (Å²) in [6.45, 7) is 1.56. The van der Waals surface area contributed by atoms with E-state index in [4.69, 9.17) is 14.2 Å². The molecule has 2 aromatic carbocycles. The monoisotopic (exact) mass is 408 g/mol. The number of hydrogen-bond donors (Lipinski definition) is 1. The number of rotatable bonds is 5. The maximum absolute atomic E-state index is 13.6. The van der Waals surface area contributed by atoms with Crippen molar-refractivity contribution in [2.24, 2.45) is 0 Å². The maximum atomic E-state index is 13.6. The van der Waals surface area contributed by atoms with Crippen LogP contribution in [-0.4, -0.2) is 36.1 Å². The number of fused-ring (bicyclic) bond motifs is 1. The lowest BCUT2D eigenvalue weighted by Gasteiger charge is -2.19. The van der Waals surface area contributed by atoms with Crippen molar-refractivity contribution >= 4 is 23.3 Å². The molecule has 0 saturated heterocycles. The third-order valence-corrected chi connectivity index (χ3v) is 3.92. The van der Waals surface area contributed by atoms with E-state index in [1.165, 1.54) is 6.92 Å². The molecule has 9 nitrogen and oxygen atoms in total. The second-order valence-corrected chi connectivity index (χ2v) is 5.93. The Hall–Kier alpha value is -3.76. The highest BCUT2D eigenvalue weighted by Crippen LogP contribution is 2.37. The van der Waals surface area contributed by atoms with E-state index in [1.54, 1.807) is 0 Å². The van der Waals surface area contributed by atoms with Gasteiger partial charge in [0, 0.05) is 12.1 Å². The van der Waals surface area contributed by atoms with E-state index >= 15 is 0 Å². The van der Waals surface area contributed by atoms with Gasteiger partial charge >= 0.3 is 5.97 Å². The molecule has 11 heteroatoms. The first-order valence-corrected chi connectivity index (χ1v) is 8.31. The Morgan fingerprint density at radius 2 is 1.83 bits per heavy atom. The summed E-state index contributed by atoms with van der Waals surface area (Å²) in [5.41, 5.74) is -1.48. The zero-order chi connectivity index (χ0) is 21.1. The minimum Gasteiger partial charge on any atom is -0.486 e. The number of nitrogens with one attached hydrogen (secondary N) is 1. The van der Waals surface area contributed by atoms with Gasteiger partial charge in [-0.1, -0.05) is 0 Å². The summed E-state index contributed by atoms with van der Waals surface area (Å²) in [5, 5.41) is 13.4. The number of ether oxygens (including phenoxy) is 3. The van der Waals surface area contributed by atoms with E-state index in [-0.39, 0.29) is 24.7 Å². The largest absolute Gasteiger partial charge is 0.486 e. The van der Waals surface area contributed by atoms with Gasteiger partial charge in [0.15, 0.2) is 17.6 Å². The summed E-state index contributed by atoms with van der Waals surface area (Å²) in [4.78, 5) is 35.0. The Bertz CT molecular complexity index is 996. The van der Waals surface area contributed by atoms with Crippen molar-refractivity contribution < 1.29 is 37.5 Å². The van der Waals surface area contributed by atoms with Crippen molar-refractivity contribution in [2.75, 3.05) is 18.5 Å². The summed E-state index contributed by atoms with van der Waals surface area (Å²) in [6.07, 6.45) is -1.46. The van der Waals surface area contributed by atoms with Crippen LogP contribution in [-0.2, 0) is 9.53 Å². The van der Waals surface area contributed by atoms with Crippen molar-refractivity contribution in [2.45, 2.75) is 13.0 Å². The van der Waals surface area contributed by atoms with Gasteiger partial charge in [-0.3, -0.25) is 14.9 Å². The second kappa shape index (κ2) is 8.09. The SMILES string of the molecule is CC(OC(=O)c1cc2c(cc1[N+](=O)[O-])OCCO2)C(=O)Nc1cc(F)ccc1F. The number of nitro benzene ring substituents is 1. The number of hydrogen-bond acceptors (Lipinski definition) is 7. The fourth-order valence-electron chi connectivity index (χ4n) is 2.50. The topological polar surface area (TPSA) is 117 Å². The van der Waals surface area contributed by atoms with Gasteiger partial charge in [0.2, 0.25) is 0 Å². The summed E-state index contributed by atoms with van der Waals surface area (Å²) >= 11 is 0. The molecule has 0 aromatic heterocycles. The van der Waals surface area contributed by atoms with Crippen LogP contribution in [0.25, 0.3) is 0 Å². The first-order chi connectivity index (χ1) is 13.8. The summed E-state index contributed by atoms with van der Waals surface area (Å²) in [5.74, 6) is -3.57. The van der Waals surface area contributed by atoms with E-state index in [1.807, 2.05) is 0 Å². The second-order valence-electron chi connectivity index (χ2n) is 5.93. The molecular weight excluding hydrogens is 394 g/mol.